The Morgan fingerprint density at radius 1 is 1.65 bits per heavy atom. The number of carbonyl (C=O) groups is 2. The van der Waals surface area contributed by atoms with Crippen molar-refractivity contribution in [3.05, 3.63) is 18.2 Å². The molecule has 94 valence electrons. The fraction of sp³-hybridized carbons (Fsp3) is 0.500. The average Bonchev–Trinajstić information content (AvgIpc) is 2.81. The monoisotopic (exact) mass is 241 g/mol. The lowest BCUT2D eigenvalue weighted by Gasteiger charge is -2.13. The SMILES string of the molecule is COCCCC(NC(=O)c1cnc[nH]1)C(=O)O. The van der Waals surface area contributed by atoms with Gasteiger partial charge in [-0.05, 0) is 12.8 Å². The first-order valence-electron chi connectivity index (χ1n) is 5.16. The molecule has 1 heterocycles. The number of nitrogens with zero attached hydrogens (tertiary/aromatic N) is 1. The van der Waals surface area contributed by atoms with Gasteiger partial charge in [-0.2, -0.15) is 0 Å². The number of hydrogen-bond acceptors (Lipinski definition) is 4. The van der Waals surface area contributed by atoms with E-state index in [1.54, 1.807) is 7.11 Å². The average molecular weight is 241 g/mol. The maximum atomic E-state index is 11.6. The van der Waals surface area contributed by atoms with Crippen LogP contribution in [0.2, 0.25) is 0 Å². The Hall–Kier alpha value is -1.89. The van der Waals surface area contributed by atoms with E-state index in [1.165, 1.54) is 12.5 Å². The number of hydrogen-bond donors (Lipinski definition) is 3. The van der Waals surface area contributed by atoms with Crippen LogP contribution in [0.5, 0.6) is 0 Å². The van der Waals surface area contributed by atoms with Crippen LogP contribution >= 0.6 is 0 Å². The minimum Gasteiger partial charge on any atom is -0.480 e. The molecule has 0 aliphatic heterocycles. The zero-order valence-corrected chi connectivity index (χ0v) is 9.47. The van der Waals surface area contributed by atoms with Gasteiger partial charge in [0.15, 0.2) is 0 Å². The Kier molecular flexibility index (Phi) is 5.15. The van der Waals surface area contributed by atoms with Crippen molar-refractivity contribution in [1.82, 2.24) is 15.3 Å². The van der Waals surface area contributed by atoms with Gasteiger partial charge in [-0.1, -0.05) is 0 Å². The van der Waals surface area contributed by atoms with Crippen LogP contribution < -0.4 is 5.32 Å². The summed E-state index contributed by atoms with van der Waals surface area (Å²) in [6.07, 6.45) is 3.58. The third-order valence-electron chi connectivity index (χ3n) is 2.19. The second-order valence-corrected chi connectivity index (χ2v) is 3.46. The van der Waals surface area contributed by atoms with Crippen molar-refractivity contribution in [3.63, 3.8) is 0 Å². The van der Waals surface area contributed by atoms with Crippen molar-refractivity contribution in [3.8, 4) is 0 Å². The van der Waals surface area contributed by atoms with Gasteiger partial charge in [0.25, 0.3) is 5.91 Å². The summed E-state index contributed by atoms with van der Waals surface area (Å²) in [6, 6.07) is -0.916. The van der Waals surface area contributed by atoms with Crippen LogP contribution in [0.4, 0.5) is 0 Å². The zero-order valence-electron chi connectivity index (χ0n) is 9.47. The smallest absolute Gasteiger partial charge is 0.326 e. The molecule has 1 atom stereocenters. The minimum atomic E-state index is -1.06. The Balaban J connectivity index is 2.49. The summed E-state index contributed by atoms with van der Waals surface area (Å²) in [5, 5.41) is 11.4. The summed E-state index contributed by atoms with van der Waals surface area (Å²) >= 11 is 0. The number of methoxy groups -OCH3 is 1. The lowest BCUT2D eigenvalue weighted by Crippen LogP contribution is -2.41. The van der Waals surface area contributed by atoms with E-state index in [4.69, 9.17) is 9.84 Å². The number of nitrogens with one attached hydrogen (secondary N) is 2. The molecule has 0 saturated heterocycles. The van der Waals surface area contributed by atoms with Gasteiger partial charge in [-0.15, -0.1) is 0 Å². The normalized spacial score (nSPS) is 12.1. The number of aliphatic carboxylic acids is 1. The summed E-state index contributed by atoms with van der Waals surface area (Å²) in [6.45, 7) is 0.462. The van der Waals surface area contributed by atoms with E-state index in [0.29, 0.717) is 19.4 Å². The molecule has 0 bridgehead atoms. The van der Waals surface area contributed by atoms with Gasteiger partial charge < -0.3 is 20.1 Å². The first kappa shape index (κ1) is 13.2. The Morgan fingerprint density at radius 3 is 2.94 bits per heavy atom. The van der Waals surface area contributed by atoms with E-state index in [-0.39, 0.29) is 5.69 Å². The number of aromatic nitrogens is 2. The molecule has 1 rings (SSSR count). The van der Waals surface area contributed by atoms with Crippen molar-refractivity contribution in [2.75, 3.05) is 13.7 Å². The van der Waals surface area contributed by atoms with Crippen molar-refractivity contribution in [2.45, 2.75) is 18.9 Å². The molecule has 17 heavy (non-hydrogen) atoms. The summed E-state index contributed by atoms with van der Waals surface area (Å²) in [7, 11) is 1.54. The molecule has 3 N–H and O–H groups in total. The highest BCUT2D eigenvalue weighted by molar-refractivity contribution is 5.94. The second kappa shape index (κ2) is 6.64. The van der Waals surface area contributed by atoms with Gasteiger partial charge in [-0.3, -0.25) is 4.79 Å². The number of imidazole rings is 1. The van der Waals surface area contributed by atoms with E-state index in [1.807, 2.05) is 0 Å². The van der Waals surface area contributed by atoms with Crippen LogP contribution in [-0.4, -0.2) is 46.7 Å². The van der Waals surface area contributed by atoms with Crippen LogP contribution in [-0.2, 0) is 9.53 Å². The van der Waals surface area contributed by atoms with Gasteiger partial charge >= 0.3 is 5.97 Å². The molecule has 1 amide bonds. The minimum absolute atomic E-state index is 0.239. The van der Waals surface area contributed by atoms with Gasteiger partial charge in [0.05, 0.1) is 12.5 Å². The third kappa shape index (κ3) is 4.23. The van der Waals surface area contributed by atoms with Crippen molar-refractivity contribution in [1.29, 1.82) is 0 Å². The molecule has 0 aliphatic carbocycles. The van der Waals surface area contributed by atoms with E-state index < -0.39 is 17.9 Å². The molecule has 0 spiro atoms. The standard InChI is InChI=1S/C10H15N3O4/c1-17-4-2-3-7(10(15)16)13-9(14)8-5-11-6-12-8/h5-7H,2-4H2,1H3,(H,11,12)(H,13,14)(H,15,16). The maximum absolute atomic E-state index is 11.6. The molecule has 7 heteroatoms. The first-order valence-corrected chi connectivity index (χ1v) is 5.16. The van der Waals surface area contributed by atoms with Crippen LogP contribution in [0.15, 0.2) is 12.5 Å². The molecule has 0 aromatic carbocycles. The maximum Gasteiger partial charge on any atom is 0.326 e. The van der Waals surface area contributed by atoms with E-state index in [2.05, 4.69) is 15.3 Å². The molecule has 0 radical (unpaired) electrons. The fourth-order valence-corrected chi connectivity index (χ4v) is 1.31. The molecule has 0 saturated carbocycles. The van der Waals surface area contributed by atoms with Crippen LogP contribution in [0, 0.1) is 0 Å². The molecule has 0 aliphatic rings. The molecule has 1 aromatic rings. The first-order chi connectivity index (χ1) is 8.15. The number of rotatable bonds is 7. The molecular formula is C10H15N3O4. The van der Waals surface area contributed by atoms with E-state index in [9.17, 15) is 9.59 Å². The largest absolute Gasteiger partial charge is 0.480 e. The summed E-state index contributed by atoms with van der Waals surface area (Å²) < 4.78 is 4.83. The quantitative estimate of drug-likeness (QED) is 0.584. The van der Waals surface area contributed by atoms with Crippen LogP contribution in [0.1, 0.15) is 23.3 Å². The Morgan fingerprint density at radius 2 is 2.41 bits per heavy atom. The highest BCUT2D eigenvalue weighted by Gasteiger charge is 2.20. The van der Waals surface area contributed by atoms with Gasteiger partial charge in [-0.25, -0.2) is 9.78 Å². The summed E-state index contributed by atoms with van der Waals surface area (Å²) in [5.74, 6) is -1.54. The number of H-pyrrole nitrogens is 1. The Labute approximate surface area is 98.2 Å². The van der Waals surface area contributed by atoms with Crippen LogP contribution in [0.25, 0.3) is 0 Å². The van der Waals surface area contributed by atoms with Crippen molar-refractivity contribution < 1.29 is 19.4 Å². The lowest BCUT2D eigenvalue weighted by atomic mass is 10.1. The number of amides is 1. The fourth-order valence-electron chi connectivity index (χ4n) is 1.31. The van der Waals surface area contributed by atoms with Crippen molar-refractivity contribution in [2.24, 2.45) is 0 Å². The van der Waals surface area contributed by atoms with Gasteiger partial charge in [0, 0.05) is 13.7 Å². The van der Waals surface area contributed by atoms with Gasteiger partial charge in [0.2, 0.25) is 0 Å². The number of carboxylic acid groups (broad SMARTS) is 1. The molecular weight excluding hydrogens is 226 g/mol. The summed E-state index contributed by atoms with van der Waals surface area (Å²) in [5.41, 5.74) is 0.239. The summed E-state index contributed by atoms with van der Waals surface area (Å²) in [4.78, 5) is 28.8. The lowest BCUT2D eigenvalue weighted by molar-refractivity contribution is -0.139. The highest BCUT2D eigenvalue weighted by Crippen LogP contribution is 2.00. The van der Waals surface area contributed by atoms with E-state index in [0.717, 1.165) is 0 Å². The number of ether oxygens (including phenoxy) is 1. The molecule has 1 unspecified atom stereocenters. The van der Waals surface area contributed by atoms with E-state index >= 15 is 0 Å². The zero-order chi connectivity index (χ0) is 12.7. The molecule has 1 aromatic heterocycles. The van der Waals surface area contributed by atoms with Crippen molar-refractivity contribution >= 4 is 11.9 Å². The van der Waals surface area contributed by atoms with Gasteiger partial charge in [0.1, 0.15) is 11.7 Å². The molecule has 0 fully saturated rings. The van der Waals surface area contributed by atoms with Crippen LogP contribution in [0.3, 0.4) is 0 Å². The second-order valence-electron chi connectivity index (χ2n) is 3.46. The number of aromatic amines is 1. The number of carbonyl (C=O) groups excluding carboxylic acids is 1. The molecule has 7 nitrogen and oxygen atoms in total. The highest BCUT2D eigenvalue weighted by atomic mass is 16.5. The third-order valence-corrected chi connectivity index (χ3v) is 2.19. The predicted octanol–water partition coefficient (Wildman–Crippen LogP) is 0.0193. The topological polar surface area (TPSA) is 104 Å². The predicted molar refractivity (Wildman–Crippen MR) is 58.6 cm³/mol. The Bertz CT molecular complexity index is 364. The number of carboxylic acids is 1.